The Kier molecular flexibility index (Phi) is 6.83. The Balaban J connectivity index is 1.43. The number of anilines is 1. The molecular formula is C26H29ClN4O4. The molecule has 5 rings (SSSR count). The second-order valence-electron chi connectivity index (χ2n) is 8.95. The van der Waals surface area contributed by atoms with Gasteiger partial charge < -0.3 is 24.7 Å². The third-order valence-corrected chi connectivity index (χ3v) is 6.92. The summed E-state index contributed by atoms with van der Waals surface area (Å²) in [4.78, 5) is 33.4. The average Bonchev–Trinajstić information content (AvgIpc) is 3.31. The number of likely N-dealkylation sites (N-methyl/N-ethyl adjacent to an activating group) is 1. The number of aromatic nitrogens is 1. The molecule has 2 aliphatic rings. The summed E-state index contributed by atoms with van der Waals surface area (Å²) in [5.74, 6) is 1.28. The Labute approximate surface area is 208 Å². The first kappa shape index (κ1) is 23.5. The number of urea groups is 1. The number of rotatable bonds is 6. The minimum Gasteiger partial charge on any atom is -0.486 e. The molecule has 3 aromatic rings. The van der Waals surface area contributed by atoms with E-state index in [0.29, 0.717) is 53.0 Å². The fourth-order valence-electron chi connectivity index (χ4n) is 4.84. The fourth-order valence-corrected chi connectivity index (χ4v) is 4.96. The normalized spacial score (nSPS) is 17.5. The highest BCUT2D eigenvalue weighted by Crippen LogP contribution is 2.33. The number of nitrogens with zero attached hydrogens (tertiary/aromatic N) is 2. The molecule has 8 nitrogen and oxygen atoms in total. The Morgan fingerprint density at radius 1 is 1.17 bits per heavy atom. The zero-order chi connectivity index (χ0) is 24.4. The zero-order valence-electron chi connectivity index (χ0n) is 19.7. The number of hydrogen-bond acceptors (Lipinski definition) is 5. The summed E-state index contributed by atoms with van der Waals surface area (Å²) in [6, 6.07) is 12.5. The van der Waals surface area contributed by atoms with Gasteiger partial charge in [0, 0.05) is 40.3 Å². The third kappa shape index (κ3) is 5.23. The number of amides is 2. The van der Waals surface area contributed by atoms with Gasteiger partial charge in [0.15, 0.2) is 11.5 Å². The minimum absolute atomic E-state index is 0.188. The van der Waals surface area contributed by atoms with Crippen LogP contribution < -0.4 is 20.3 Å². The van der Waals surface area contributed by atoms with Gasteiger partial charge in [0.25, 0.3) is 5.56 Å². The fraction of sp³-hybridized carbons (Fsp3) is 0.385. The van der Waals surface area contributed by atoms with Crippen molar-refractivity contribution in [1.82, 2.24) is 14.8 Å². The highest BCUT2D eigenvalue weighted by Gasteiger charge is 2.28. The van der Waals surface area contributed by atoms with E-state index in [1.807, 2.05) is 12.1 Å². The number of fused-ring (bicyclic) bond motifs is 2. The van der Waals surface area contributed by atoms with E-state index in [4.69, 9.17) is 21.1 Å². The number of likely N-dealkylation sites (tertiary alicyclic amines) is 1. The first-order valence-corrected chi connectivity index (χ1v) is 12.4. The number of ether oxygens (including phenoxy) is 2. The van der Waals surface area contributed by atoms with Crippen LogP contribution in [0.3, 0.4) is 0 Å². The molecule has 0 aliphatic carbocycles. The van der Waals surface area contributed by atoms with Gasteiger partial charge in [0.05, 0.1) is 12.1 Å². The Morgan fingerprint density at radius 2 is 1.91 bits per heavy atom. The van der Waals surface area contributed by atoms with E-state index in [2.05, 4.69) is 22.1 Å². The van der Waals surface area contributed by atoms with Gasteiger partial charge in [-0.15, -0.1) is 0 Å². The molecule has 0 saturated carbocycles. The second-order valence-corrected chi connectivity index (χ2v) is 9.39. The number of carbonyl (C=O) groups is 1. The van der Waals surface area contributed by atoms with Gasteiger partial charge in [-0.1, -0.05) is 18.5 Å². The molecule has 184 valence electrons. The van der Waals surface area contributed by atoms with Crippen LogP contribution in [0.5, 0.6) is 11.5 Å². The topological polar surface area (TPSA) is 86.9 Å². The van der Waals surface area contributed by atoms with E-state index in [9.17, 15) is 9.59 Å². The smallest absolute Gasteiger partial charge is 0.322 e. The van der Waals surface area contributed by atoms with Gasteiger partial charge in [-0.05, 0) is 62.3 Å². The molecule has 2 aromatic carbocycles. The Hall–Kier alpha value is -3.23. The molecule has 0 radical (unpaired) electrons. The van der Waals surface area contributed by atoms with Crippen molar-refractivity contribution in [2.75, 3.05) is 38.2 Å². The molecule has 1 aromatic heterocycles. The molecule has 1 fully saturated rings. The first-order valence-electron chi connectivity index (χ1n) is 12.0. The lowest BCUT2D eigenvalue weighted by Crippen LogP contribution is -2.45. The maximum atomic E-state index is 13.4. The van der Waals surface area contributed by atoms with Crippen molar-refractivity contribution in [2.24, 2.45) is 0 Å². The molecular weight excluding hydrogens is 468 g/mol. The van der Waals surface area contributed by atoms with E-state index >= 15 is 0 Å². The molecule has 0 bridgehead atoms. The van der Waals surface area contributed by atoms with Crippen LogP contribution in [-0.2, 0) is 6.54 Å². The number of carbonyl (C=O) groups excluding carboxylic acids is 1. The van der Waals surface area contributed by atoms with Gasteiger partial charge in [-0.2, -0.15) is 0 Å². The number of benzene rings is 2. The van der Waals surface area contributed by atoms with Crippen molar-refractivity contribution in [3.8, 4) is 11.5 Å². The van der Waals surface area contributed by atoms with Crippen molar-refractivity contribution < 1.29 is 14.3 Å². The van der Waals surface area contributed by atoms with Crippen LogP contribution in [0.1, 0.15) is 25.3 Å². The lowest BCUT2D eigenvalue weighted by molar-refractivity contribution is 0.172. The molecule has 2 amide bonds. The molecule has 0 unspecified atom stereocenters. The van der Waals surface area contributed by atoms with Gasteiger partial charge in [-0.25, -0.2) is 4.79 Å². The highest BCUT2D eigenvalue weighted by molar-refractivity contribution is 6.30. The maximum Gasteiger partial charge on any atom is 0.322 e. The number of H-pyrrole nitrogens is 1. The summed E-state index contributed by atoms with van der Waals surface area (Å²) in [7, 11) is 0. The third-order valence-electron chi connectivity index (χ3n) is 6.66. The molecule has 2 aliphatic heterocycles. The van der Waals surface area contributed by atoms with Gasteiger partial charge in [0.1, 0.15) is 13.2 Å². The van der Waals surface area contributed by atoms with Crippen molar-refractivity contribution in [2.45, 2.75) is 32.4 Å². The van der Waals surface area contributed by atoms with Crippen molar-refractivity contribution in [3.63, 3.8) is 0 Å². The number of halogens is 1. The first-order chi connectivity index (χ1) is 17.0. The van der Waals surface area contributed by atoms with Gasteiger partial charge >= 0.3 is 6.03 Å². The van der Waals surface area contributed by atoms with Gasteiger partial charge in [-0.3, -0.25) is 9.69 Å². The summed E-state index contributed by atoms with van der Waals surface area (Å²) in [5.41, 5.74) is 1.62. The summed E-state index contributed by atoms with van der Waals surface area (Å²) in [6.07, 6.45) is 2.13. The average molecular weight is 497 g/mol. The van der Waals surface area contributed by atoms with Crippen LogP contribution in [0, 0.1) is 0 Å². The quantitative estimate of drug-likeness (QED) is 0.525. The molecule has 9 heteroatoms. The van der Waals surface area contributed by atoms with Crippen LogP contribution in [-0.4, -0.2) is 59.7 Å². The molecule has 1 atom stereocenters. The molecule has 1 saturated heterocycles. The van der Waals surface area contributed by atoms with Gasteiger partial charge in [0.2, 0.25) is 0 Å². The molecule has 3 heterocycles. The predicted octanol–water partition coefficient (Wildman–Crippen LogP) is 4.47. The van der Waals surface area contributed by atoms with E-state index in [1.165, 1.54) is 0 Å². The number of nitrogens with one attached hydrogen (secondary N) is 2. The largest absolute Gasteiger partial charge is 0.486 e. The molecule has 35 heavy (non-hydrogen) atoms. The standard InChI is InChI=1S/C26H29ClN4O4/c1-2-30-9-3-4-21(30)16-31(26(33)28-20-7-5-19(27)6-8-20)15-18-12-17-13-23-24(35-11-10-34-23)14-22(17)29-25(18)32/h5-8,12-14,21H,2-4,9-11,15-16H2,1H3,(H,28,33)(H,29,32)/t21-/m0/s1. The number of hydrogen-bond donors (Lipinski definition) is 2. The van der Waals surface area contributed by atoms with Crippen LogP contribution in [0.25, 0.3) is 10.9 Å². The van der Waals surface area contributed by atoms with E-state index in [0.717, 1.165) is 31.3 Å². The highest BCUT2D eigenvalue weighted by atomic mass is 35.5. The molecule has 0 spiro atoms. The lowest BCUT2D eigenvalue weighted by atomic mass is 10.1. The monoisotopic (exact) mass is 496 g/mol. The van der Waals surface area contributed by atoms with E-state index in [-0.39, 0.29) is 24.2 Å². The van der Waals surface area contributed by atoms with Crippen LogP contribution in [0.4, 0.5) is 10.5 Å². The Bertz CT molecular complexity index is 1280. The lowest BCUT2D eigenvalue weighted by Gasteiger charge is -2.30. The second kappa shape index (κ2) is 10.2. The van der Waals surface area contributed by atoms with Crippen molar-refractivity contribution >= 4 is 34.2 Å². The van der Waals surface area contributed by atoms with Crippen LogP contribution in [0.2, 0.25) is 5.02 Å². The summed E-state index contributed by atoms with van der Waals surface area (Å²) >= 11 is 5.99. The van der Waals surface area contributed by atoms with E-state index in [1.54, 1.807) is 35.2 Å². The number of pyridine rings is 1. The van der Waals surface area contributed by atoms with Crippen LogP contribution in [0.15, 0.2) is 47.3 Å². The summed E-state index contributed by atoms with van der Waals surface area (Å²) in [5, 5.41) is 4.39. The SMILES string of the molecule is CCN1CCC[C@H]1CN(Cc1cc2cc3c(cc2[nH]c1=O)OCCO3)C(=O)Nc1ccc(Cl)cc1. The predicted molar refractivity (Wildman–Crippen MR) is 137 cm³/mol. The van der Waals surface area contributed by atoms with Crippen LogP contribution >= 0.6 is 11.6 Å². The number of aromatic amines is 1. The van der Waals surface area contributed by atoms with E-state index < -0.39 is 0 Å². The summed E-state index contributed by atoms with van der Waals surface area (Å²) in [6.45, 7) is 5.78. The van der Waals surface area contributed by atoms with Crippen molar-refractivity contribution in [3.05, 3.63) is 63.4 Å². The minimum atomic E-state index is -0.253. The molecule has 2 N–H and O–H groups in total. The zero-order valence-corrected chi connectivity index (χ0v) is 20.4. The summed E-state index contributed by atoms with van der Waals surface area (Å²) < 4.78 is 11.3. The van der Waals surface area contributed by atoms with Crippen molar-refractivity contribution in [1.29, 1.82) is 0 Å². The Morgan fingerprint density at radius 3 is 2.66 bits per heavy atom. The maximum absolute atomic E-state index is 13.4.